The molecule has 0 spiro atoms. The molecule has 2 aromatic rings. The summed E-state index contributed by atoms with van der Waals surface area (Å²) in [5.41, 5.74) is 6.10. The maximum absolute atomic E-state index is 12.0. The van der Waals surface area contributed by atoms with Gasteiger partial charge in [0.25, 0.3) is 5.91 Å². The van der Waals surface area contributed by atoms with E-state index in [1.165, 1.54) is 6.07 Å². The van der Waals surface area contributed by atoms with E-state index in [-0.39, 0.29) is 27.6 Å². The monoisotopic (exact) mass is 300 g/mol. The average Bonchev–Trinajstić information content (AvgIpc) is 2.69. The molecule has 0 saturated carbocycles. The van der Waals surface area contributed by atoms with E-state index in [1.54, 1.807) is 10.9 Å². The van der Waals surface area contributed by atoms with Gasteiger partial charge in [-0.2, -0.15) is 5.10 Å². The highest BCUT2D eigenvalue weighted by molar-refractivity contribution is 6.32. The molecule has 7 nitrogen and oxygen atoms in total. The number of amides is 1. The van der Waals surface area contributed by atoms with Gasteiger partial charge in [0.1, 0.15) is 11.0 Å². The summed E-state index contributed by atoms with van der Waals surface area (Å²) in [6.07, 6.45) is 1.58. The molecule has 0 aliphatic heterocycles. The first-order chi connectivity index (χ1) is 8.99. The smallest absolute Gasteiger partial charge is 0.279 e. The number of carbonyl (C=O) groups is 1. The molecule has 0 aliphatic carbocycles. The number of nitrogens with one attached hydrogen (secondary N) is 1. The normalized spacial score (nSPS) is 10.5. The lowest BCUT2D eigenvalue weighted by Crippen LogP contribution is -2.15. The molecule has 0 unspecified atom stereocenters. The van der Waals surface area contributed by atoms with Crippen molar-refractivity contribution < 1.29 is 4.79 Å². The number of halogens is 2. The van der Waals surface area contributed by atoms with Gasteiger partial charge >= 0.3 is 0 Å². The number of anilines is 2. The second-order valence-corrected chi connectivity index (χ2v) is 4.31. The highest BCUT2D eigenvalue weighted by atomic mass is 35.5. The highest BCUT2D eigenvalue weighted by Gasteiger charge is 2.15. The topological polar surface area (TPSA) is 98.7 Å². The van der Waals surface area contributed by atoms with Gasteiger partial charge in [-0.3, -0.25) is 9.48 Å². The number of nitrogens with two attached hydrogens (primary N) is 1. The largest absolute Gasteiger partial charge is 0.396 e. The van der Waals surface area contributed by atoms with E-state index >= 15 is 0 Å². The minimum Gasteiger partial charge on any atom is -0.396 e. The summed E-state index contributed by atoms with van der Waals surface area (Å²) in [4.78, 5) is 19.5. The summed E-state index contributed by atoms with van der Waals surface area (Å²) in [6, 6.07) is 1.37. The Labute approximate surface area is 118 Å². The van der Waals surface area contributed by atoms with Gasteiger partial charge in [-0.1, -0.05) is 11.6 Å². The number of nitrogens with zero attached hydrogens (tertiary/aromatic N) is 4. The number of nitrogen functional groups attached to an aromatic ring is 1. The molecule has 2 heterocycles. The van der Waals surface area contributed by atoms with Crippen molar-refractivity contribution in [1.29, 1.82) is 0 Å². The van der Waals surface area contributed by atoms with Crippen molar-refractivity contribution in [2.45, 2.75) is 13.5 Å². The predicted molar refractivity (Wildman–Crippen MR) is 72.3 cm³/mol. The number of carbonyl (C=O) groups excluding carboxylic acids is 1. The van der Waals surface area contributed by atoms with E-state index in [2.05, 4.69) is 20.4 Å². The van der Waals surface area contributed by atoms with E-state index < -0.39 is 5.91 Å². The minimum atomic E-state index is -0.490. The van der Waals surface area contributed by atoms with E-state index in [1.807, 2.05) is 6.92 Å². The maximum Gasteiger partial charge on any atom is 0.279 e. The van der Waals surface area contributed by atoms with Crippen molar-refractivity contribution in [3.8, 4) is 0 Å². The SMILES string of the molecule is CCn1cc(N)c(C(=O)Nc2cc(Cl)nc(Cl)n2)n1. The molecule has 100 valence electrons. The van der Waals surface area contributed by atoms with Crippen LogP contribution in [0.2, 0.25) is 10.4 Å². The van der Waals surface area contributed by atoms with Gasteiger partial charge in [0.05, 0.1) is 5.69 Å². The molecular weight excluding hydrogens is 291 g/mol. The van der Waals surface area contributed by atoms with Gasteiger partial charge in [-0.25, -0.2) is 9.97 Å². The Bertz CT molecular complexity index is 606. The average molecular weight is 301 g/mol. The molecule has 1 amide bonds. The Morgan fingerprint density at radius 3 is 2.79 bits per heavy atom. The molecule has 2 rings (SSSR count). The lowest BCUT2D eigenvalue weighted by molar-refractivity contribution is 0.102. The zero-order valence-electron chi connectivity index (χ0n) is 9.89. The van der Waals surface area contributed by atoms with Crippen LogP contribution in [0.5, 0.6) is 0 Å². The van der Waals surface area contributed by atoms with Crippen LogP contribution in [0.4, 0.5) is 11.5 Å². The molecule has 19 heavy (non-hydrogen) atoms. The highest BCUT2D eigenvalue weighted by Crippen LogP contribution is 2.16. The lowest BCUT2D eigenvalue weighted by Gasteiger charge is -2.03. The molecular formula is C10H10Cl2N6O. The fourth-order valence-electron chi connectivity index (χ4n) is 1.40. The molecule has 0 fully saturated rings. The van der Waals surface area contributed by atoms with Crippen LogP contribution >= 0.6 is 23.2 Å². The summed E-state index contributed by atoms with van der Waals surface area (Å²) in [6.45, 7) is 2.50. The Hall–Kier alpha value is -1.86. The van der Waals surface area contributed by atoms with E-state index in [0.717, 1.165) is 0 Å². The first-order valence-electron chi connectivity index (χ1n) is 5.34. The number of rotatable bonds is 3. The van der Waals surface area contributed by atoms with Crippen molar-refractivity contribution >= 4 is 40.6 Å². The summed E-state index contributed by atoms with van der Waals surface area (Å²) in [7, 11) is 0. The molecule has 2 aromatic heterocycles. The quantitative estimate of drug-likeness (QED) is 0.665. The molecule has 0 aliphatic rings. The Morgan fingerprint density at radius 1 is 1.47 bits per heavy atom. The third-order valence-electron chi connectivity index (χ3n) is 2.24. The molecule has 9 heteroatoms. The van der Waals surface area contributed by atoms with Crippen molar-refractivity contribution in [3.05, 3.63) is 28.4 Å². The third-order valence-corrected chi connectivity index (χ3v) is 2.60. The third kappa shape index (κ3) is 3.12. The van der Waals surface area contributed by atoms with Crippen LogP contribution in [-0.2, 0) is 6.54 Å². The van der Waals surface area contributed by atoms with E-state index in [9.17, 15) is 4.79 Å². The maximum atomic E-state index is 12.0. The number of aromatic nitrogens is 4. The Balaban J connectivity index is 2.22. The Morgan fingerprint density at radius 2 is 2.21 bits per heavy atom. The molecule has 0 atom stereocenters. The molecule has 0 radical (unpaired) electrons. The zero-order chi connectivity index (χ0) is 14.0. The molecule has 3 N–H and O–H groups in total. The van der Waals surface area contributed by atoms with Crippen LogP contribution in [0.1, 0.15) is 17.4 Å². The molecule has 0 saturated heterocycles. The standard InChI is InChI=1S/C10H10Cl2N6O/c1-2-18-4-5(13)8(17-18)9(19)15-7-3-6(11)14-10(12)16-7/h3-4H,2,13H2,1H3,(H,14,15,16,19). The fraction of sp³-hybridized carbons (Fsp3) is 0.200. The summed E-state index contributed by atoms with van der Waals surface area (Å²) < 4.78 is 1.56. The first-order valence-corrected chi connectivity index (χ1v) is 6.09. The van der Waals surface area contributed by atoms with Crippen molar-refractivity contribution in [2.75, 3.05) is 11.1 Å². The van der Waals surface area contributed by atoms with E-state index in [0.29, 0.717) is 6.54 Å². The minimum absolute atomic E-state index is 0.0603. The van der Waals surface area contributed by atoms with Crippen molar-refractivity contribution in [3.63, 3.8) is 0 Å². The predicted octanol–water partition coefficient (Wildman–Crippen LogP) is 1.83. The second kappa shape index (κ2) is 5.41. The van der Waals surface area contributed by atoms with Gasteiger partial charge in [-0.15, -0.1) is 0 Å². The van der Waals surface area contributed by atoms with Gasteiger partial charge in [0.2, 0.25) is 5.28 Å². The summed E-state index contributed by atoms with van der Waals surface area (Å²) in [5, 5.41) is 6.61. The van der Waals surface area contributed by atoms with Gasteiger partial charge < -0.3 is 11.1 Å². The van der Waals surface area contributed by atoms with Gasteiger partial charge in [0.15, 0.2) is 5.69 Å². The summed E-state index contributed by atoms with van der Waals surface area (Å²) in [5.74, 6) is -0.309. The van der Waals surface area contributed by atoms with Crippen molar-refractivity contribution in [2.24, 2.45) is 0 Å². The fourth-order valence-corrected chi connectivity index (χ4v) is 1.81. The second-order valence-electron chi connectivity index (χ2n) is 3.59. The van der Waals surface area contributed by atoms with Crippen LogP contribution in [0.25, 0.3) is 0 Å². The van der Waals surface area contributed by atoms with Crippen LogP contribution in [0.15, 0.2) is 12.3 Å². The lowest BCUT2D eigenvalue weighted by atomic mass is 10.3. The molecule has 0 bridgehead atoms. The van der Waals surface area contributed by atoms with Crippen LogP contribution in [-0.4, -0.2) is 25.7 Å². The van der Waals surface area contributed by atoms with Crippen LogP contribution in [0.3, 0.4) is 0 Å². The zero-order valence-corrected chi connectivity index (χ0v) is 11.4. The van der Waals surface area contributed by atoms with E-state index in [4.69, 9.17) is 28.9 Å². The Kier molecular flexibility index (Phi) is 3.87. The van der Waals surface area contributed by atoms with Crippen LogP contribution < -0.4 is 11.1 Å². The van der Waals surface area contributed by atoms with Crippen LogP contribution in [0, 0.1) is 0 Å². The number of hydrogen-bond donors (Lipinski definition) is 2. The first kappa shape index (κ1) is 13.6. The number of aryl methyl sites for hydroxylation is 1. The molecule has 0 aromatic carbocycles. The summed E-state index contributed by atoms with van der Waals surface area (Å²) >= 11 is 11.3. The number of hydrogen-bond acceptors (Lipinski definition) is 5. The van der Waals surface area contributed by atoms with Crippen molar-refractivity contribution in [1.82, 2.24) is 19.7 Å². The van der Waals surface area contributed by atoms with Gasteiger partial charge in [-0.05, 0) is 18.5 Å². The van der Waals surface area contributed by atoms with Gasteiger partial charge in [0, 0.05) is 18.8 Å².